The summed E-state index contributed by atoms with van der Waals surface area (Å²) in [5, 5.41) is 13.0. The Kier molecular flexibility index (Phi) is 3.36. The van der Waals surface area contributed by atoms with Gasteiger partial charge < -0.3 is 10.4 Å². The van der Waals surface area contributed by atoms with Gasteiger partial charge in [-0.25, -0.2) is 0 Å². The molecule has 2 aromatic rings. The van der Waals surface area contributed by atoms with E-state index in [9.17, 15) is 4.79 Å². The summed E-state index contributed by atoms with van der Waals surface area (Å²) in [6.45, 7) is 0. The van der Waals surface area contributed by atoms with Gasteiger partial charge in [0.1, 0.15) is 0 Å². The average Bonchev–Trinajstić information content (AvgIpc) is 2.55. The van der Waals surface area contributed by atoms with Gasteiger partial charge in [0.15, 0.2) is 0 Å². The summed E-state index contributed by atoms with van der Waals surface area (Å²) in [6, 6.07) is 11.7. The lowest BCUT2D eigenvalue weighted by atomic mass is 10.0. The molecule has 0 saturated heterocycles. The molecular formula is C16H14ClNO2. The van der Waals surface area contributed by atoms with Crippen molar-refractivity contribution in [3.63, 3.8) is 0 Å². The first-order valence-corrected chi connectivity index (χ1v) is 6.88. The fraction of sp³-hybridized carbons (Fsp3) is 0.188. The maximum atomic E-state index is 10.8. The highest BCUT2D eigenvalue weighted by atomic mass is 35.5. The predicted octanol–water partition coefficient (Wildman–Crippen LogP) is 3.81. The first-order chi connectivity index (χ1) is 9.61. The smallest absolute Gasteiger partial charge is 0.307 e. The molecule has 102 valence electrons. The van der Waals surface area contributed by atoms with Crippen LogP contribution in [0.4, 0.5) is 11.4 Å². The lowest BCUT2D eigenvalue weighted by Crippen LogP contribution is -2.02. The molecule has 1 aliphatic rings. The van der Waals surface area contributed by atoms with Crippen LogP contribution < -0.4 is 5.32 Å². The second kappa shape index (κ2) is 5.17. The second-order valence-electron chi connectivity index (χ2n) is 4.99. The molecule has 1 heterocycles. The molecule has 3 rings (SSSR count). The number of hydrogen-bond acceptors (Lipinski definition) is 2. The molecule has 3 nitrogen and oxygen atoms in total. The third-order valence-electron chi connectivity index (χ3n) is 3.53. The maximum absolute atomic E-state index is 10.8. The molecule has 1 aliphatic heterocycles. The highest BCUT2D eigenvalue weighted by Gasteiger charge is 2.14. The van der Waals surface area contributed by atoms with Crippen LogP contribution in [0.25, 0.3) is 0 Å². The number of carboxylic acid groups (broad SMARTS) is 1. The van der Waals surface area contributed by atoms with Crippen LogP contribution in [0.2, 0.25) is 5.02 Å². The number of aryl methyl sites for hydroxylation is 2. The normalized spacial score (nSPS) is 12.8. The molecule has 20 heavy (non-hydrogen) atoms. The van der Waals surface area contributed by atoms with E-state index in [2.05, 4.69) is 5.32 Å². The van der Waals surface area contributed by atoms with Crippen LogP contribution in [-0.4, -0.2) is 11.1 Å². The van der Waals surface area contributed by atoms with Gasteiger partial charge in [-0.3, -0.25) is 4.79 Å². The van der Waals surface area contributed by atoms with Crippen molar-refractivity contribution in [2.24, 2.45) is 0 Å². The fourth-order valence-electron chi connectivity index (χ4n) is 2.54. The zero-order valence-corrected chi connectivity index (χ0v) is 11.6. The minimum absolute atomic E-state index is 0.0391. The van der Waals surface area contributed by atoms with E-state index >= 15 is 0 Å². The van der Waals surface area contributed by atoms with Crippen LogP contribution in [0.3, 0.4) is 0 Å². The van der Waals surface area contributed by atoms with Crippen LogP contribution in [0.15, 0.2) is 36.4 Å². The number of aliphatic carboxylic acids is 1. The zero-order chi connectivity index (χ0) is 14.1. The van der Waals surface area contributed by atoms with Crippen LogP contribution in [0.5, 0.6) is 0 Å². The lowest BCUT2D eigenvalue weighted by Gasteiger charge is -2.11. The molecule has 0 aromatic heterocycles. The maximum Gasteiger partial charge on any atom is 0.307 e. The first kappa shape index (κ1) is 13.0. The standard InChI is InChI=1S/C16H14ClNO2/c17-13-6-5-12-4-3-11-2-1-10(8-16(19)20)7-14(11)18-15(12)9-13/h1-2,5-7,9,18H,3-4,8H2,(H,19,20). The molecule has 0 aliphatic carbocycles. The SMILES string of the molecule is O=C(O)Cc1ccc2c(c1)Nc1cc(Cl)ccc1CC2. The number of nitrogens with one attached hydrogen (secondary N) is 1. The molecule has 0 saturated carbocycles. The van der Waals surface area contributed by atoms with Crippen molar-refractivity contribution in [3.8, 4) is 0 Å². The van der Waals surface area contributed by atoms with Gasteiger partial charge >= 0.3 is 5.97 Å². The van der Waals surface area contributed by atoms with Crippen molar-refractivity contribution in [3.05, 3.63) is 58.1 Å². The Balaban J connectivity index is 1.99. The Morgan fingerprint density at radius 3 is 2.45 bits per heavy atom. The summed E-state index contributed by atoms with van der Waals surface area (Å²) in [6.07, 6.45) is 1.92. The van der Waals surface area contributed by atoms with Crippen molar-refractivity contribution in [2.75, 3.05) is 5.32 Å². The van der Waals surface area contributed by atoms with Crippen LogP contribution in [-0.2, 0) is 24.1 Å². The van der Waals surface area contributed by atoms with E-state index in [0.29, 0.717) is 5.02 Å². The minimum Gasteiger partial charge on any atom is -0.481 e. The molecular weight excluding hydrogens is 274 g/mol. The molecule has 0 amide bonds. The van der Waals surface area contributed by atoms with Crippen molar-refractivity contribution in [1.29, 1.82) is 0 Å². The number of anilines is 2. The minimum atomic E-state index is -0.818. The summed E-state index contributed by atoms with van der Waals surface area (Å²) in [4.78, 5) is 10.8. The number of carboxylic acids is 1. The number of halogens is 1. The van der Waals surface area contributed by atoms with Crippen molar-refractivity contribution >= 4 is 28.9 Å². The van der Waals surface area contributed by atoms with E-state index in [1.165, 1.54) is 11.1 Å². The van der Waals surface area contributed by atoms with Gasteiger partial charge in [-0.1, -0.05) is 29.8 Å². The Hall–Kier alpha value is -2.00. The van der Waals surface area contributed by atoms with E-state index in [4.69, 9.17) is 16.7 Å². The van der Waals surface area contributed by atoms with E-state index in [-0.39, 0.29) is 6.42 Å². The third-order valence-corrected chi connectivity index (χ3v) is 3.77. The van der Waals surface area contributed by atoms with Gasteiger partial charge in [0, 0.05) is 16.4 Å². The zero-order valence-electron chi connectivity index (χ0n) is 10.8. The molecule has 0 bridgehead atoms. The van der Waals surface area contributed by atoms with Crippen molar-refractivity contribution in [1.82, 2.24) is 0 Å². The van der Waals surface area contributed by atoms with Crippen LogP contribution in [0, 0.1) is 0 Å². The van der Waals surface area contributed by atoms with Gasteiger partial charge in [-0.05, 0) is 47.7 Å². The summed E-state index contributed by atoms with van der Waals surface area (Å²) >= 11 is 6.04. The van der Waals surface area contributed by atoms with Gasteiger partial charge in [0.2, 0.25) is 0 Å². The Labute approximate surface area is 122 Å². The molecule has 0 spiro atoms. The fourth-order valence-corrected chi connectivity index (χ4v) is 2.71. The van der Waals surface area contributed by atoms with E-state index in [1.54, 1.807) is 0 Å². The Morgan fingerprint density at radius 2 is 1.75 bits per heavy atom. The highest BCUT2D eigenvalue weighted by molar-refractivity contribution is 6.30. The number of benzene rings is 2. The monoisotopic (exact) mass is 287 g/mol. The first-order valence-electron chi connectivity index (χ1n) is 6.51. The highest BCUT2D eigenvalue weighted by Crippen LogP contribution is 2.32. The molecule has 4 heteroatoms. The number of carbonyl (C=O) groups is 1. The second-order valence-corrected chi connectivity index (χ2v) is 5.42. The number of hydrogen-bond donors (Lipinski definition) is 2. The van der Waals surface area contributed by atoms with Crippen LogP contribution in [0.1, 0.15) is 16.7 Å². The van der Waals surface area contributed by atoms with Crippen LogP contribution >= 0.6 is 11.6 Å². The molecule has 0 fully saturated rings. The summed E-state index contributed by atoms with van der Waals surface area (Å²) in [5.74, 6) is -0.818. The third kappa shape index (κ3) is 2.63. The molecule has 2 N–H and O–H groups in total. The summed E-state index contributed by atoms with van der Waals surface area (Å²) in [7, 11) is 0. The Bertz CT molecular complexity index is 682. The number of rotatable bonds is 2. The predicted molar refractivity (Wildman–Crippen MR) is 79.9 cm³/mol. The van der Waals surface area contributed by atoms with Gasteiger partial charge in [0.25, 0.3) is 0 Å². The van der Waals surface area contributed by atoms with Crippen molar-refractivity contribution < 1.29 is 9.90 Å². The van der Waals surface area contributed by atoms with Gasteiger partial charge in [-0.2, -0.15) is 0 Å². The Morgan fingerprint density at radius 1 is 1.10 bits per heavy atom. The topological polar surface area (TPSA) is 49.3 Å². The quantitative estimate of drug-likeness (QED) is 0.883. The average molecular weight is 288 g/mol. The van der Waals surface area contributed by atoms with Gasteiger partial charge in [0.05, 0.1) is 6.42 Å². The molecule has 0 radical (unpaired) electrons. The van der Waals surface area contributed by atoms with Crippen molar-refractivity contribution in [2.45, 2.75) is 19.3 Å². The van der Waals surface area contributed by atoms with Gasteiger partial charge in [-0.15, -0.1) is 0 Å². The van der Waals surface area contributed by atoms with E-state index in [1.807, 2.05) is 36.4 Å². The van der Waals surface area contributed by atoms with E-state index < -0.39 is 5.97 Å². The summed E-state index contributed by atoms with van der Waals surface area (Å²) < 4.78 is 0. The number of fused-ring (bicyclic) bond motifs is 2. The lowest BCUT2D eigenvalue weighted by molar-refractivity contribution is -0.136. The molecule has 2 aromatic carbocycles. The summed E-state index contributed by atoms with van der Waals surface area (Å²) in [5.41, 5.74) is 5.21. The molecule has 0 unspecified atom stereocenters. The molecule has 0 atom stereocenters. The van der Waals surface area contributed by atoms with E-state index in [0.717, 1.165) is 29.8 Å². The largest absolute Gasteiger partial charge is 0.481 e.